The summed E-state index contributed by atoms with van der Waals surface area (Å²) < 4.78 is 23.6. The number of ether oxygens (including phenoxy) is 5. The Balaban J connectivity index is 2.26. The summed E-state index contributed by atoms with van der Waals surface area (Å²) in [5.74, 6) is -5.61. The molecule has 0 saturated heterocycles. The summed E-state index contributed by atoms with van der Waals surface area (Å²) in [5, 5.41) is 16.7. The number of carbonyl (C=O) groups is 6. The van der Waals surface area contributed by atoms with Crippen LogP contribution in [0.15, 0.2) is 36.4 Å². The molecule has 1 aromatic carbocycles. The van der Waals surface area contributed by atoms with Crippen molar-refractivity contribution < 1.29 is 67.7 Å². The maximum absolute atomic E-state index is 12.0. The number of rotatable bonds is 14. The summed E-state index contributed by atoms with van der Waals surface area (Å²) in [6.07, 6.45) is 0.688. The van der Waals surface area contributed by atoms with E-state index in [1.807, 2.05) is 0 Å². The third-order valence-corrected chi connectivity index (χ3v) is 3.56. The molecule has 0 aliphatic heterocycles. The Morgan fingerprint density at radius 2 is 1.17 bits per heavy atom. The maximum Gasteiger partial charge on any atom is 0.353 e. The van der Waals surface area contributed by atoms with Crippen molar-refractivity contribution in [3.63, 3.8) is 0 Å². The highest BCUT2D eigenvalue weighted by Gasteiger charge is 2.13. The Morgan fingerprint density at radius 1 is 0.686 bits per heavy atom. The molecule has 1 rings (SSSR count). The highest BCUT2D eigenvalue weighted by atomic mass is 17.1. The van der Waals surface area contributed by atoms with Gasteiger partial charge in [-0.1, -0.05) is 6.07 Å². The molecule has 0 bridgehead atoms. The molecule has 0 aliphatic rings. The SMILES string of the molecule is O=C(/C=C/C(=O)OCCOC(=O)c1cccc(C(=O)OCCO)c1)OCCOC(=O)CC(=O)OO. The van der Waals surface area contributed by atoms with Crippen LogP contribution in [-0.4, -0.2) is 85.8 Å². The molecule has 1 aromatic rings. The summed E-state index contributed by atoms with van der Waals surface area (Å²) in [6, 6.07) is 5.49. The second-order valence-electron chi connectivity index (χ2n) is 6.11. The van der Waals surface area contributed by atoms with Crippen molar-refractivity contribution in [2.45, 2.75) is 6.42 Å². The van der Waals surface area contributed by atoms with Gasteiger partial charge in [-0.2, -0.15) is 5.26 Å². The number of hydrogen-bond acceptors (Lipinski definition) is 14. The van der Waals surface area contributed by atoms with Gasteiger partial charge >= 0.3 is 35.8 Å². The predicted molar refractivity (Wildman–Crippen MR) is 109 cm³/mol. The van der Waals surface area contributed by atoms with E-state index in [-0.39, 0.29) is 50.8 Å². The summed E-state index contributed by atoms with van der Waals surface area (Å²) in [4.78, 5) is 71.8. The average Bonchev–Trinajstić information content (AvgIpc) is 2.86. The van der Waals surface area contributed by atoms with Gasteiger partial charge in [0.25, 0.3) is 0 Å². The predicted octanol–water partition coefficient (Wildman–Crippen LogP) is -0.415. The molecule has 0 radical (unpaired) electrons. The number of aliphatic hydroxyl groups excluding tert-OH is 1. The van der Waals surface area contributed by atoms with Crippen LogP contribution in [0.1, 0.15) is 27.1 Å². The molecule has 190 valence electrons. The lowest BCUT2D eigenvalue weighted by Gasteiger charge is -2.07. The maximum atomic E-state index is 12.0. The first-order valence-electron chi connectivity index (χ1n) is 9.83. The van der Waals surface area contributed by atoms with E-state index in [4.69, 9.17) is 24.6 Å². The first-order chi connectivity index (χ1) is 16.8. The van der Waals surface area contributed by atoms with Crippen molar-refractivity contribution in [3.05, 3.63) is 47.5 Å². The number of aliphatic hydroxyl groups is 1. The van der Waals surface area contributed by atoms with Gasteiger partial charge in [-0.25, -0.2) is 24.0 Å². The van der Waals surface area contributed by atoms with Crippen LogP contribution in [0.5, 0.6) is 0 Å². The van der Waals surface area contributed by atoms with Crippen molar-refractivity contribution in [1.82, 2.24) is 0 Å². The van der Waals surface area contributed by atoms with E-state index in [0.717, 1.165) is 12.2 Å². The lowest BCUT2D eigenvalue weighted by Crippen LogP contribution is -2.16. The Bertz CT molecular complexity index is 936. The summed E-state index contributed by atoms with van der Waals surface area (Å²) in [5.41, 5.74) is 0.136. The van der Waals surface area contributed by atoms with Gasteiger partial charge in [-0.15, -0.1) is 0 Å². The molecule has 0 saturated carbocycles. The number of benzene rings is 1. The summed E-state index contributed by atoms with van der Waals surface area (Å²) >= 11 is 0. The smallest absolute Gasteiger partial charge is 0.353 e. The van der Waals surface area contributed by atoms with Crippen LogP contribution in [0.4, 0.5) is 0 Å². The Morgan fingerprint density at radius 3 is 1.69 bits per heavy atom. The molecule has 14 nitrogen and oxygen atoms in total. The molecule has 0 aromatic heterocycles. The van der Waals surface area contributed by atoms with Crippen molar-refractivity contribution in [1.29, 1.82) is 0 Å². The van der Waals surface area contributed by atoms with E-state index in [9.17, 15) is 28.8 Å². The number of esters is 5. The van der Waals surface area contributed by atoms with Crippen molar-refractivity contribution in [2.75, 3.05) is 39.6 Å². The standard InChI is InChI=1S/C21H22O14/c22-6-7-33-20(27)14-2-1-3-15(12-14)21(28)34-11-10-31-17(24)5-4-16(23)30-8-9-32-18(25)13-19(26)35-29/h1-5,12,22,29H,6-11,13H2/b5-4+. The number of hydrogen-bond donors (Lipinski definition) is 2. The summed E-state index contributed by atoms with van der Waals surface area (Å²) in [6.45, 7) is -1.90. The fourth-order valence-corrected chi connectivity index (χ4v) is 2.09. The van der Waals surface area contributed by atoms with E-state index in [1.54, 1.807) is 0 Å². The second-order valence-corrected chi connectivity index (χ2v) is 6.11. The lowest BCUT2D eigenvalue weighted by atomic mass is 10.1. The fourth-order valence-electron chi connectivity index (χ4n) is 2.09. The zero-order chi connectivity index (χ0) is 26.1. The van der Waals surface area contributed by atoms with Gasteiger partial charge in [0.2, 0.25) is 0 Å². The van der Waals surface area contributed by atoms with E-state index in [1.165, 1.54) is 24.3 Å². The molecule has 14 heteroatoms. The Kier molecular flexibility index (Phi) is 13.4. The third kappa shape index (κ3) is 12.5. The van der Waals surface area contributed by atoms with Crippen LogP contribution in [0.25, 0.3) is 0 Å². The first kappa shape index (κ1) is 28.7. The van der Waals surface area contributed by atoms with E-state index in [0.29, 0.717) is 0 Å². The van der Waals surface area contributed by atoms with Gasteiger partial charge in [0.05, 0.1) is 17.7 Å². The van der Waals surface area contributed by atoms with Crippen LogP contribution in [0.2, 0.25) is 0 Å². The topological polar surface area (TPSA) is 198 Å². The molecule has 0 heterocycles. The monoisotopic (exact) mass is 498 g/mol. The normalized spacial score (nSPS) is 10.2. The van der Waals surface area contributed by atoms with Crippen molar-refractivity contribution in [3.8, 4) is 0 Å². The molecule has 0 fully saturated rings. The Hall–Kier alpha value is -4.30. The minimum Gasteiger partial charge on any atom is -0.462 e. The molecule has 0 atom stereocenters. The van der Waals surface area contributed by atoms with Gasteiger partial charge in [0.15, 0.2) is 0 Å². The van der Waals surface area contributed by atoms with Crippen LogP contribution in [0.3, 0.4) is 0 Å². The van der Waals surface area contributed by atoms with E-state index >= 15 is 0 Å². The van der Waals surface area contributed by atoms with Gasteiger partial charge in [0, 0.05) is 12.2 Å². The quantitative estimate of drug-likeness (QED) is 0.0637. The van der Waals surface area contributed by atoms with Crippen molar-refractivity contribution >= 4 is 35.8 Å². The van der Waals surface area contributed by atoms with E-state index < -0.39 is 42.2 Å². The Labute approximate surface area is 197 Å². The van der Waals surface area contributed by atoms with Gasteiger partial charge < -0.3 is 33.7 Å². The molecule has 0 amide bonds. The minimum atomic E-state index is -1.21. The van der Waals surface area contributed by atoms with Crippen LogP contribution in [-0.2, 0) is 47.8 Å². The molecule has 0 spiro atoms. The molecule has 0 unspecified atom stereocenters. The van der Waals surface area contributed by atoms with Crippen molar-refractivity contribution in [2.24, 2.45) is 0 Å². The van der Waals surface area contributed by atoms with E-state index in [2.05, 4.69) is 14.4 Å². The van der Waals surface area contributed by atoms with Crippen LogP contribution >= 0.6 is 0 Å². The zero-order valence-corrected chi connectivity index (χ0v) is 18.2. The van der Waals surface area contributed by atoms with Crippen LogP contribution in [0, 0.1) is 0 Å². The summed E-state index contributed by atoms with van der Waals surface area (Å²) in [7, 11) is 0. The molecule has 2 N–H and O–H groups in total. The average molecular weight is 498 g/mol. The lowest BCUT2D eigenvalue weighted by molar-refractivity contribution is -0.234. The molecular formula is C21H22O14. The molecule has 35 heavy (non-hydrogen) atoms. The van der Waals surface area contributed by atoms with Gasteiger partial charge in [-0.05, 0) is 18.2 Å². The third-order valence-electron chi connectivity index (χ3n) is 3.56. The van der Waals surface area contributed by atoms with Gasteiger partial charge in [-0.3, -0.25) is 4.79 Å². The minimum absolute atomic E-state index is 0.0522. The second kappa shape index (κ2) is 16.3. The number of carbonyl (C=O) groups excluding carboxylic acids is 6. The molecule has 0 aliphatic carbocycles. The largest absolute Gasteiger partial charge is 0.462 e. The zero-order valence-electron chi connectivity index (χ0n) is 18.2. The van der Waals surface area contributed by atoms with Gasteiger partial charge in [0.1, 0.15) is 39.5 Å². The highest BCUT2D eigenvalue weighted by Crippen LogP contribution is 2.08. The first-order valence-corrected chi connectivity index (χ1v) is 9.83. The fraction of sp³-hybridized carbons (Fsp3) is 0.333. The van der Waals surface area contributed by atoms with Crippen LogP contribution < -0.4 is 0 Å². The molecular weight excluding hydrogens is 476 g/mol. The highest BCUT2D eigenvalue weighted by molar-refractivity contribution is 5.95.